The van der Waals surface area contributed by atoms with E-state index in [1.165, 1.54) is 0 Å². The van der Waals surface area contributed by atoms with Gasteiger partial charge in [0.25, 0.3) is 5.91 Å². The second-order valence-electron chi connectivity index (χ2n) is 4.79. The zero-order valence-corrected chi connectivity index (χ0v) is 10.1. The van der Waals surface area contributed by atoms with Gasteiger partial charge in [0.05, 0.1) is 16.3 Å². The average molecular weight is 250 g/mol. The summed E-state index contributed by atoms with van der Waals surface area (Å²) < 4.78 is 0. The summed E-state index contributed by atoms with van der Waals surface area (Å²) in [5.74, 6) is -0.140. The van der Waals surface area contributed by atoms with Crippen molar-refractivity contribution in [2.24, 2.45) is 10.5 Å². The number of hydrogen-bond donors (Lipinski definition) is 2. The van der Waals surface area contributed by atoms with Crippen LogP contribution in [0.5, 0.6) is 0 Å². The lowest BCUT2D eigenvalue weighted by Gasteiger charge is -2.07. The minimum atomic E-state index is -0.140. The Morgan fingerprint density at radius 3 is 2.88 bits per heavy atom. The Kier molecular flexibility index (Phi) is 2.16. The molecule has 0 unspecified atom stereocenters. The number of carbonyl (C=O) groups is 1. The highest BCUT2D eigenvalue weighted by molar-refractivity contribution is 6.31. The highest BCUT2D eigenvalue weighted by atomic mass is 35.5. The third-order valence-corrected chi connectivity index (χ3v) is 3.53. The molecule has 1 aromatic rings. The van der Waals surface area contributed by atoms with Crippen LogP contribution in [-0.2, 0) is 4.79 Å². The number of aromatic nitrogens is 1. The molecular formula is C12H12ClN3O. The number of nitrogens with one attached hydrogen (secondary N) is 2. The van der Waals surface area contributed by atoms with Gasteiger partial charge in [-0.1, -0.05) is 18.5 Å². The van der Waals surface area contributed by atoms with E-state index in [4.69, 9.17) is 11.6 Å². The summed E-state index contributed by atoms with van der Waals surface area (Å²) in [6.45, 7) is 2.13. The van der Waals surface area contributed by atoms with Crippen LogP contribution in [0.4, 0.5) is 0 Å². The van der Waals surface area contributed by atoms with Crippen molar-refractivity contribution in [1.29, 1.82) is 0 Å². The van der Waals surface area contributed by atoms with E-state index in [0.717, 1.165) is 24.2 Å². The van der Waals surface area contributed by atoms with Gasteiger partial charge in [0.2, 0.25) is 0 Å². The number of hydrogen-bond acceptors (Lipinski definition) is 2. The van der Waals surface area contributed by atoms with Gasteiger partial charge in [0, 0.05) is 17.3 Å². The summed E-state index contributed by atoms with van der Waals surface area (Å²) in [5, 5.41) is 4.77. The van der Waals surface area contributed by atoms with Gasteiger partial charge in [-0.3, -0.25) is 4.79 Å². The van der Waals surface area contributed by atoms with Crippen LogP contribution < -0.4 is 5.43 Å². The van der Waals surface area contributed by atoms with E-state index in [1.54, 1.807) is 18.3 Å². The SMILES string of the molecule is CC1(C2=NNC(=O)C2=Cc2cc(Cl)c[nH]2)CC1. The Bertz CT molecular complexity index is 552. The average Bonchev–Trinajstić information content (AvgIpc) is 2.72. The number of nitrogens with zero attached hydrogens (tertiary/aromatic N) is 1. The van der Waals surface area contributed by atoms with E-state index in [0.29, 0.717) is 10.6 Å². The fourth-order valence-corrected chi connectivity index (χ4v) is 2.15. The van der Waals surface area contributed by atoms with Crippen molar-refractivity contribution in [1.82, 2.24) is 10.4 Å². The molecule has 5 heteroatoms. The molecule has 0 aromatic carbocycles. The van der Waals surface area contributed by atoms with Crippen LogP contribution in [0.25, 0.3) is 6.08 Å². The number of aromatic amines is 1. The Morgan fingerprint density at radius 2 is 2.29 bits per heavy atom. The molecule has 1 fully saturated rings. The quantitative estimate of drug-likeness (QED) is 0.777. The normalized spacial score (nSPS) is 23.8. The highest BCUT2D eigenvalue weighted by Gasteiger charge is 2.47. The van der Waals surface area contributed by atoms with Gasteiger partial charge in [-0.25, -0.2) is 5.43 Å². The van der Waals surface area contributed by atoms with Gasteiger partial charge in [0.1, 0.15) is 0 Å². The van der Waals surface area contributed by atoms with Crippen LogP contribution in [0.3, 0.4) is 0 Å². The fraction of sp³-hybridized carbons (Fsp3) is 0.333. The maximum atomic E-state index is 11.7. The number of amides is 1. The molecule has 1 aliphatic carbocycles. The largest absolute Gasteiger partial charge is 0.360 e. The van der Waals surface area contributed by atoms with Crippen LogP contribution in [0.2, 0.25) is 5.02 Å². The maximum Gasteiger partial charge on any atom is 0.273 e. The van der Waals surface area contributed by atoms with Gasteiger partial charge >= 0.3 is 0 Å². The molecule has 1 saturated carbocycles. The maximum absolute atomic E-state index is 11.7. The Balaban J connectivity index is 1.97. The minimum Gasteiger partial charge on any atom is -0.360 e. The number of rotatable bonds is 2. The smallest absolute Gasteiger partial charge is 0.273 e. The first-order valence-corrected chi connectivity index (χ1v) is 5.91. The Labute approximate surface area is 104 Å². The number of H-pyrrole nitrogens is 1. The molecule has 88 valence electrons. The Morgan fingerprint density at radius 1 is 1.53 bits per heavy atom. The van der Waals surface area contributed by atoms with Crippen molar-refractivity contribution in [3.05, 3.63) is 28.6 Å². The van der Waals surface area contributed by atoms with Crippen molar-refractivity contribution < 1.29 is 4.79 Å². The lowest BCUT2D eigenvalue weighted by Crippen LogP contribution is -2.17. The molecule has 17 heavy (non-hydrogen) atoms. The van der Waals surface area contributed by atoms with E-state index in [2.05, 4.69) is 22.4 Å². The monoisotopic (exact) mass is 249 g/mol. The van der Waals surface area contributed by atoms with Crippen LogP contribution in [0.15, 0.2) is 22.9 Å². The predicted molar refractivity (Wildman–Crippen MR) is 66.7 cm³/mol. The molecule has 1 amide bonds. The number of hydrazone groups is 1. The summed E-state index contributed by atoms with van der Waals surface area (Å²) in [5.41, 5.74) is 4.93. The van der Waals surface area contributed by atoms with Crippen LogP contribution in [0.1, 0.15) is 25.5 Å². The molecule has 0 radical (unpaired) electrons. The lowest BCUT2D eigenvalue weighted by atomic mass is 9.95. The summed E-state index contributed by atoms with van der Waals surface area (Å²) in [4.78, 5) is 14.7. The minimum absolute atomic E-state index is 0.0708. The van der Waals surface area contributed by atoms with E-state index in [9.17, 15) is 4.79 Å². The molecule has 0 saturated heterocycles. The van der Waals surface area contributed by atoms with E-state index < -0.39 is 0 Å². The summed E-state index contributed by atoms with van der Waals surface area (Å²) in [7, 11) is 0. The van der Waals surface area contributed by atoms with Crippen LogP contribution >= 0.6 is 11.6 Å². The van der Waals surface area contributed by atoms with Crippen molar-refractivity contribution >= 4 is 29.3 Å². The van der Waals surface area contributed by atoms with Gasteiger partial charge in [-0.15, -0.1) is 0 Å². The lowest BCUT2D eigenvalue weighted by molar-refractivity contribution is -0.116. The zero-order valence-electron chi connectivity index (χ0n) is 9.38. The molecule has 0 spiro atoms. The zero-order chi connectivity index (χ0) is 12.0. The molecule has 3 rings (SSSR count). The first kappa shape index (κ1) is 10.6. The predicted octanol–water partition coefficient (Wildman–Crippen LogP) is 2.34. The van der Waals surface area contributed by atoms with E-state index in [-0.39, 0.29) is 11.3 Å². The van der Waals surface area contributed by atoms with Gasteiger partial charge in [0.15, 0.2) is 0 Å². The first-order valence-electron chi connectivity index (χ1n) is 5.53. The molecule has 1 aliphatic heterocycles. The van der Waals surface area contributed by atoms with E-state index in [1.807, 2.05) is 0 Å². The molecule has 0 atom stereocenters. The third-order valence-electron chi connectivity index (χ3n) is 3.31. The molecule has 2 aliphatic rings. The topological polar surface area (TPSA) is 57.2 Å². The van der Waals surface area contributed by atoms with Gasteiger partial charge in [-0.2, -0.15) is 5.10 Å². The molecule has 2 N–H and O–H groups in total. The van der Waals surface area contributed by atoms with Crippen molar-refractivity contribution in [2.45, 2.75) is 19.8 Å². The summed E-state index contributed by atoms with van der Waals surface area (Å²) >= 11 is 5.83. The molecule has 2 heterocycles. The van der Waals surface area contributed by atoms with E-state index >= 15 is 0 Å². The second-order valence-corrected chi connectivity index (χ2v) is 5.23. The number of halogens is 1. The third kappa shape index (κ3) is 1.78. The standard InChI is InChI=1S/C12H12ClN3O/c1-12(2-3-12)10-9(11(17)16-15-10)5-8-4-7(13)6-14-8/h4-6,14H,2-3H2,1H3,(H,16,17). The highest BCUT2D eigenvalue weighted by Crippen LogP contribution is 2.49. The van der Waals surface area contributed by atoms with Gasteiger partial charge in [-0.05, 0) is 25.0 Å². The summed E-state index contributed by atoms with van der Waals surface area (Å²) in [6.07, 6.45) is 5.67. The molecular weight excluding hydrogens is 238 g/mol. The van der Waals surface area contributed by atoms with Crippen LogP contribution in [0, 0.1) is 5.41 Å². The van der Waals surface area contributed by atoms with Gasteiger partial charge < -0.3 is 4.98 Å². The molecule has 4 nitrogen and oxygen atoms in total. The number of carbonyl (C=O) groups excluding carboxylic acids is 1. The fourth-order valence-electron chi connectivity index (χ4n) is 1.98. The Hall–Kier alpha value is -1.55. The first-order chi connectivity index (χ1) is 8.08. The molecule has 0 bridgehead atoms. The van der Waals surface area contributed by atoms with Crippen molar-refractivity contribution in [2.75, 3.05) is 0 Å². The van der Waals surface area contributed by atoms with Crippen molar-refractivity contribution in [3.8, 4) is 0 Å². The molecule has 1 aromatic heterocycles. The second kappa shape index (κ2) is 3.47. The van der Waals surface area contributed by atoms with Crippen LogP contribution in [-0.4, -0.2) is 16.6 Å². The van der Waals surface area contributed by atoms with Crippen molar-refractivity contribution in [3.63, 3.8) is 0 Å². The summed E-state index contributed by atoms with van der Waals surface area (Å²) in [6, 6.07) is 1.78.